The highest BCUT2D eigenvalue weighted by atomic mass is 16.5. The van der Waals surface area contributed by atoms with E-state index >= 15 is 0 Å². The summed E-state index contributed by atoms with van der Waals surface area (Å²) < 4.78 is 11.6. The third kappa shape index (κ3) is 4.16. The quantitative estimate of drug-likeness (QED) is 0.215. The van der Waals surface area contributed by atoms with Crippen LogP contribution in [-0.4, -0.2) is 33.3 Å². The van der Waals surface area contributed by atoms with Gasteiger partial charge >= 0.3 is 6.01 Å². The summed E-state index contributed by atoms with van der Waals surface area (Å²) in [5.74, 6) is 1.77. The van der Waals surface area contributed by atoms with Crippen LogP contribution >= 0.6 is 0 Å². The molecule has 0 radical (unpaired) electrons. The zero-order chi connectivity index (χ0) is 28.1. The van der Waals surface area contributed by atoms with Crippen molar-refractivity contribution in [2.45, 2.75) is 20.0 Å². The van der Waals surface area contributed by atoms with E-state index in [9.17, 15) is 5.11 Å². The molecule has 7 rings (SSSR count). The molecule has 0 saturated heterocycles. The number of phenolic OH excluding ortho intramolecular Hbond substituents is 1. The third-order valence-electron chi connectivity index (χ3n) is 7.40. The van der Waals surface area contributed by atoms with Crippen LogP contribution in [-0.2, 0) is 0 Å². The standard InChI is InChI=1S/C35H27N3O3/c1-20(2)41-35-37-33(36-34(38-35)28-9-4-6-10-29(28)39)27-19-15-22-13-17-25-23(24-8-5-7-11-30(24)40-3)16-12-21-14-18-26(27)32(22)31(21)25/h4-20,39H,1-3H3. The van der Waals surface area contributed by atoms with Crippen LogP contribution in [0, 0.1) is 0 Å². The number of nitrogens with zero attached hydrogens (tertiary/aromatic N) is 3. The first kappa shape index (κ1) is 24.8. The Morgan fingerprint density at radius 3 is 1.80 bits per heavy atom. The van der Waals surface area contributed by atoms with Gasteiger partial charge in [-0.1, -0.05) is 72.8 Å². The first-order chi connectivity index (χ1) is 20.0. The number of methoxy groups -OCH3 is 1. The minimum atomic E-state index is -0.128. The van der Waals surface area contributed by atoms with E-state index in [4.69, 9.17) is 19.4 Å². The summed E-state index contributed by atoms with van der Waals surface area (Å²) in [4.78, 5) is 14.1. The fourth-order valence-corrected chi connectivity index (χ4v) is 5.62. The second-order valence-corrected chi connectivity index (χ2v) is 10.3. The second kappa shape index (κ2) is 9.75. The van der Waals surface area contributed by atoms with Crippen LogP contribution < -0.4 is 9.47 Å². The van der Waals surface area contributed by atoms with E-state index in [1.807, 2.05) is 44.2 Å². The van der Waals surface area contributed by atoms with Crippen molar-refractivity contribution in [2.75, 3.05) is 7.11 Å². The Kier molecular flexibility index (Phi) is 5.89. The summed E-state index contributed by atoms with van der Waals surface area (Å²) in [6.45, 7) is 3.86. The van der Waals surface area contributed by atoms with Crippen LogP contribution in [0.1, 0.15) is 13.8 Å². The highest BCUT2D eigenvalue weighted by molar-refractivity contribution is 6.27. The zero-order valence-electron chi connectivity index (χ0n) is 22.9. The number of hydrogen-bond donors (Lipinski definition) is 1. The number of rotatable bonds is 6. The van der Waals surface area contributed by atoms with E-state index in [-0.39, 0.29) is 17.9 Å². The number of aromatic hydroxyl groups is 1. The normalized spacial score (nSPS) is 11.6. The van der Waals surface area contributed by atoms with Crippen molar-refractivity contribution >= 4 is 32.3 Å². The molecule has 1 aromatic heterocycles. The molecule has 1 N–H and O–H groups in total. The molecule has 200 valence electrons. The number of benzene rings is 6. The number of para-hydroxylation sites is 2. The van der Waals surface area contributed by atoms with Gasteiger partial charge in [-0.15, -0.1) is 0 Å². The second-order valence-electron chi connectivity index (χ2n) is 10.3. The summed E-state index contributed by atoms with van der Waals surface area (Å²) in [6.07, 6.45) is -0.128. The molecule has 0 bridgehead atoms. The first-order valence-electron chi connectivity index (χ1n) is 13.6. The molecule has 0 aliphatic carbocycles. The minimum absolute atomic E-state index is 0.0967. The Bertz CT molecular complexity index is 2070. The Labute approximate surface area is 237 Å². The SMILES string of the molecule is COc1ccccc1-c1ccc2ccc3c(-c4nc(OC(C)C)nc(-c5ccccc5O)n4)ccc4ccc1c2c43. The molecule has 0 amide bonds. The molecule has 1 heterocycles. The lowest BCUT2D eigenvalue weighted by Gasteiger charge is -2.17. The number of phenols is 1. The van der Waals surface area contributed by atoms with Gasteiger partial charge in [0.05, 0.1) is 18.8 Å². The Balaban J connectivity index is 1.50. The molecule has 0 fully saturated rings. The van der Waals surface area contributed by atoms with Crippen molar-refractivity contribution in [2.24, 2.45) is 0 Å². The molecule has 0 aliphatic rings. The van der Waals surface area contributed by atoms with Crippen LogP contribution in [0.3, 0.4) is 0 Å². The maximum atomic E-state index is 10.6. The molecule has 0 spiro atoms. The van der Waals surface area contributed by atoms with Crippen LogP contribution in [0.2, 0.25) is 0 Å². The average molecular weight is 538 g/mol. The topological polar surface area (TPSA) is 77.4 Å². The lowest BCUT2D eigenvalue weighted by molar-refractivity contribution is 0.222. The fraction of sp³-hybridized carbons (Fsp3) is 0.114. The van der Waals surface area contributed by atoms with Crippen LogP contribution in [0.15, 0.2) is 97.1 Å². The average Bonchev–Trinajstić information content (AvgIpc) is 2.99. The van der Waals surface area contributed by atoms with Crippen LogP contribution in [0.5, 0.6) is 17.5 Å². The smallest absolute Gasteiger partial charge is 0.320 e. The lowest BCUT2D eigenvalue weighted by Crippen LogP contribution is -2.10. The first-order valence-corrected chi connectivity index (χ1v) is 13.6. The van der Waals surface area contributed by atoms with Crippen molar-refractivity contribution in [3.63, 3.8) is 0 Å². The van der Waals surface area contributed by atoms with E-state index < -0.39 is 0 Å². The van der Waals surface area contributed by atoms with Gasteiger partial charge in [0.15, 0.2) is 11.6 Å². The van der Waals surface area contributed by atoms with E-state index in [0.717, 1.165) is 49.4 Å². The molecular formula is C35H27N3O3. The van der Waals surface area contributed by atoms with Gasteiger partial charge in [0, 0.05) is 11.1 Å². The maximum absolute atomic E-state index is 10.6. The van der Waals surface area contributed by atoms with Crippen molar-refractivity contribution in [1.82, 2.24) is 15.0 Å². The highest BCUT2D eigenvalue weighted by Gasteiger charge is 2.19. The largest absolute Gasteiger partial charge is 0.507 e. The maximum Gasteiger partial charge on any atom is 0.320 e. The summed E-state index contributed by atoms with van der Waals surface area (Å²) in [7, 11) is 1.70. The molecule has 0 unspecified atom stereocenters. The number of aromatic nitrogens is 3. The predicted octanol–water partition coefficient (Wildman–Crippen LogP) is 8.27. The van der Waals surface area contributed by atoms with Crippen molar-refractivity contribution in [1.29, 1.82) is 0 Å². The number of ether oxygens (including phenoxy) is 2. The molecule has 41 heavy (non-hydrogen) atoms. The van der Waals surface area contributed by atoms with E-state index in [1.54, 1.807) is 25.3 Å². The monoisotopic (exact) mass is 537 g/mol. The summed E-state index contributed by atoms with van der Waals surface area (Å²) in [6, 6.07) is 32.5. The van der Waals surface area contributed by atoms with Crippen LogP contribution in [0.4, 0.5) is 0 Å². The molecule has 0 atom stereocenters. The van der Waals surface area contributed by atoms with Crippen molar-refractivity contribution in [3.05, 3.63) is 97.1 Å². The fourth-order valence-electron chi connectivity index (χ4n) is 5.62. The predicted molar refractivity (Wildman–Crippen MR) is 164 cm³/mol. The van der Waals surface area contributed by atoms with Gasteiger partial charge in [0.25, 0.3) is 0 Å². The highest BCUT2D eigenvalue weighted by Crippen LogP contribution is 2.43. The van der Waals surface area contributed by atoms with E-state index in [2.05, 4.69) is 53.5 Å². The molecule has 6 heteroatoms. The van der Waals surface area contributed by atoms with Gasteiger partial charge in [-0.3, -0.25) is 0 Å². The third-order valence-corrected chi connectivity index (χ3v) is 7.40. The minimum Gasteiger partial charge on any atom is -0.507 e. The zero-order valence-corrected chi connectivity index (χ0v) is 22.9. The van der Waals surface area contributed by atoms with Crippen molar-refractivity contribution in [3.8, 4) is 51.4 Å². The molecule has 6 aromatic carbocycles. The van der Waals surface area contributed by atoms with Gasteiger partial charge in [-0.2, -0.15) is 9.97 Å². The van der Waals surface area contributed by atoms with Gasteiger partial charge in [0.2, 0.25) is 0 Å². The molecular weight excluding hydrogens is 510 g/mol. The molecule has 7 aromatic rings. The molecule has 0 aliphatic heterocycles. The van der Waals surface area contributed by atoms with E-state index in [1.165, 1.54) is 5.39 Å². The lowest BCUT2D eigenvalue weighted by atomic mass is 9.88. The van der Waals surface area contributed by atoms with Gasteiger partial charge in [-0.05, 0) is 76.0 Å². The summed E-state index contributed by atoms with van der Waals surface area (Å²) in [5.41, 5.74) is 3.55. The van der Waals surface area contributed by atoms with Crippen LogP contribution in [0.25, 0.3) is 66.2 Å². The summed E-state index contributed by atoms with van der Waals surface area (Å²) in [5, 5.41) is 17.4. The van der Waals surface area contributed by atoms with Gasteiger partial charge in [-0.25, -0.2) is 4.98 Å². The van der Waals surface area contributed by atoms with Crippen molar-refractivity contribution < 1.29 is 14.6 Å². The Morgan fingerprint density at radius 1 is 0.585 bits per heavy atom. The molecule has 6 nitrogen and oxygen atoms in total. The molecule has 0 saturated carbocycles. The van der Waals surface area contributed by atoms with Gasteiger partial charge in [0.1, 0.15) is 11.5 Å². The van der Waals surface area contributed by atoms with E-state index in [0.29, 0.717) is 17.2 Å². The van der Waals surface area contributed by atoms with Gasteiger partial charge < -0.3 is 14.6 Å². The Morgan fingerprint density at radius 2 is 1.15 bits per heavy atom. The summed E-state index contributed by atoms with van der Waals surface area (Å²) >= 11 is 0. The Hall–Kier alpha value is -5.23. The number of hydrogen-bond acceptors (Lipinski definition) is 6.